The van der Waals surface area contributed by atoms with Gasteiger partial charge in [0.05, 0.1) is 6.61 Å². The fraction of sp³-hybridized carbons (Fsp3) is 0.462. The number of carbonyl (C=O) groups is 1. The highest BCUT2D eigenvalue weighted by Crippen LogP contribution is 2.23. The Bertz CT molecular complexity index is 900. The van der Waals surface area contributed by atoms with Crippen LogP contribution in [0.4, 0.5) is 0 Å². The molecule has 0 amide bonds. The third-order valence-corrected chi connectivity index (χ3v) is 5.83. The number of ether oxygens (including phenoxy) is 1. The van der Waals surface area contributed by atoms with E-state index in [2.05, 4.69) is 18.7 Å². The van der Waals surface area contributed by atoms with E-state index in [4.69, 9.17) is 4.74 Å². The maximum absolute atomic E-state index is 13.1. The summed E-state index contributed by atoms with van der Waals surface area (Å²) in [4.78, 5) is 28.1. The molecule has 1 aliphatic rings. The Morgan fingerprint density at radius 3 is 2.43 bits per heavy atom. The summed E-state index contributed by atoms with van der Waals surface area (Å²) in [6.07, 6.45) is 2.53. The summed E-state index contributed by atoms with van der Waals surface area (Å²) < 4.78 is 5.79. The molecule has 0 unspecified atom stereocenters. The van der Waals surface area contributed by atoms with Gasteiger partial charge in [0.2, 0.25) is 5.43 Å². The number of benzene rings is 1. The van der Waals surface area contributed by atoms with E-state index >= 15 is 0 Å². The summed E-state index contributed by atoms with van der Waals surface area (Å²) in [6.45, 7) is 9.07. The van der Waals surface area contributed by atoms with Gasteiger partial charge in [-0.25, -0.2) is 0 Å². The van der Waals surface area contributed by atoms with E-state index < -0.39 is 0 Å². The van der Waals surface area contributed by atoms with Crippen molar-refractivity contribution in [3.63, 3.8) is 0 Å². The van der Waals surface area contributed by atoms with Gasteiger partial charge in [0.1, 0.15) is 0 Å². The molecular weight excluding hydrogens is 374 g/mol. The quantitative estimate of drug-likeness (QED) is 0.574. The molecule has 0 atom stereocenters. The van der Waals surface area contributed by atoms with Gasteiger partial charge in [-0.3, -0.25) is 14.5 Å². The number of hydrogen-bond donors (Lipinski definition) is 0. The molecule has 4 heteroatoms. The number of rotatable bonds is 8. The minimum atomic E-state index is -0.0159. The lowest BCUT2D eigenvalue weighted by Gasteiger charge is -2.31. The molecule has 0 bridgehead atoms. The zero-order chi connectivity index (χ0) is 21.5. The molecule has 0 aromatic heterocycles. The third kappa shape index (κ3) is 5.57. The van der Waals surface area contributed by atoms with Crippen LogP contribution in [0, 0.1) is 5.92 Å². The highest BCUT2D eigenvalue weighted by molar-refractivity contribution is 5.97. The van der Waals surface area contributed by atoms with Crippen molar-refractivity contribution in [3.05, 3.63) is 75.4 Å². The number of carbonyl (C=O) groups excluding carboxylic acids is 1. The topological polar surface area (TPSA) is 46.6 Å². The van der Waals surface area contributed by atoms with Crippen LogP contribution < -0.4 is 10.2 Å². The van der Waals surface area contributed by atoms with Gasteiger partial charge in [0, 0.05) is 23.6 Å². The maximum atomic E-state index is 13.1. The number of likely N-dealkylation sites (tertiary alicyclic amines) is 1. The van der Waals surface area contributed by atoms with Gasteiger partial charge in [0.25, 0.3) is 0 Å². The van der Waals surface area contributed by atoms with Crippen LogP contribution in [0.1, 0.15) is 67.4 Å². The second-order valence-electron chi connectivity index (χ2n) is 8.48. The van der Waals surface area contributed by atoms with Crippen molar-refractivity contribution in [2.45, 2.75) is 52.5 Å². The van der Waals surface area contributed by atoms with E-state index in [1.807, 2.05) is 55.5 Å². The van der Waals surface area contributed by atoms with Crippen LogP contribution >= 0.6 is 0 Å². The zero-order valence-corrected chi connectivity index (χ0v) is 18.4. The number of Topliss-reactive ketones (excluding diaryl/α,β-unsaturated/α-hetero) is 1. The number of nitrogens with zero attached hydrogens (tertiary/aromatic N) is 1. The Morgan fingerprint density at radius 1 is 1.10 bits per heavy atom. The van der Waals surface area contributed by atoms with Crippen molar-refractivity contribution < 1.29 is 9.53 Å². The Morgan fingerprint density at radius 2 is 1.80 bits per heavy atom. The summed E-state index contributed by atoms with van der Waals surface area (Å²) in [5.74, 6) is 1.09. The van der Waals surface area contributed by atoms with Gasteiger partial charge in [0.15, 0.2) is 11.5 Å². The van der Waals surface area contributed by atoms with Crippen LogP contribution in [0.15, 0.2) is 53.3 Å². The lowest BCUT2D eigenvalue weighted by atomic mass is 9.89. The average molecular weight is 408 g/mol. The first-order chi connectivity index (χ1) is 14.5. The molecule has 0 spiro atoms. The zero-order valence-electron chi connectivity index (χ0n) is 18.4. The Labute approximate surface area is 179 Å². The molecular formula is C26H33NO3. The van der Waals surface area contributed by atoms with Gasteiger partial charge in [-0.1, -0.05) is 63.2 Å². The molecule has 1 saturated heterocycles. The molecule has 30 heavy (non-hydrogen) atoms. The molecule has 2 aromatic rings. The molecule has 3 rings (SSSR count). The first-order valence-corrected chi connectivity index (χ1v) is 11.1. The molecule has 1 aliphatic heterocycles. The number of piperidine rings is 1. The van der Waals surface area contributed by atoms with Crippen LogP contribution in [0.3, 0.4) is 0 Å². The first kappa shape index (κ1) is 22.2. The second-order valence-corrected chi connectivity index (χ2v) is 8.48. The van der Waals surface area contributed by atoms with E-state index in [1.165, 1.54) is 0 Å². The average Bonchev–Trinajstić information content (AvgIpc) is 2.92. The third-order valence-electron chi connectivity index (χ3n) is 5.83. The molecule has 0 radical (unpaired) electrons. The van der Waals surface area contributed by atoms with E-state index in [0.29, 0.717) is 24.8 Å². The van der Waals surface area contributed by atoms with Crippen molar-refractivity contribution in [1.82, 2.24) is 4.90 Å². The fourth-order valence-electron chi connectivity index (χ4n) is 3.93. The Hall–Kier alpha value is -2.46. The lowest BCUT2D eigenvalue weighted by molar-refractivity contribution is 0.0834. The molecule has 1 fully saturated rings. The molecule has 0 aliphatic carbocycles. The molecule has 1 heterocycles. The summed E-state index contributed by atoms with van der Waals surface area (Å²) in [5.41, 5.74) is 2.65. The lowest BCUT2D eigenvalue weighted by Crippen LogP contribution is -2.36. The fourth-order valence-corrected chi connectivity index (χ4v) is 3.93. The van der Waals surface area contributed by atoms with Gasteiger partial charge >= 0.3 is 0 Å². The van der Waals surface area contributed by atoms with Crippen LogP contribution in [0.25, 0.3) is 0 Å². The monoisotopic (exact) mass is 407 g/mol. The molecule has 160 valence electrons. The van der Waals surface area contributed by atoms with E-state index in [0.717, 1.165) is 49.0 Å². The van der Waals surface area contributed by atoms with Gasteiger partial charge < -0.3 is 4.74 Å². The van der Waals surface area contributed by atoms with Crippen LogP contribution in [0.5, 0.6) is 5.75 Å². The maximum Gasteiger partial charge on any atom is 0.224 e. The predicted molar refractivity (Wildman–Crippen MR) is 121 cm³/mol. The molecule has 2 aromatic carbocycles. The summed E-state index contributed by atoms with van der Waals surface area (Å²) in [7, 11) is 0. The van der Waals surface area contributed by atoms with Crippen molar-refractivity contribution in [3.8, 4) is 5.75 Å². The van der Waals surface area contributed by atoms with Gasteiger partial charge in [-0.15, -0.1) is 0 Å². The van der Waals surface area contributed by atoms with Gasteiger partial charge in [-0.05, 0) is 49.9 Å². The minimum Gasteiger partial charge on any atom is -0.489 e. The van der Waals surface area contributed by atoms with E-state index in [9.17, 15) is 9.59 Å². The predicted octanol–water partition coefficient (Wildman–Crippen LogP) is 5.05. The molecule has 4 nitrogen and oxygen atoms in total. The van der Waals surface area contributed by atoms with Crippen LogP contribution in [-0.4, -0.2) is 30.4 Å². The van der Waals surface area contributed by atoms with Gasteiger partial charge in [-0.2, -0.15) is 0 Å². The number of hydrogen-bond acceptors (Lipinski definition) is 4. The van der Waals surface area contributed by atoms with Crippen molar-refractivity contribution in [2.24, 2.45) is 5.92 Å². The smallest absolute Gasteiger partial charge is 0.224 e. The van der Waals surface area contributed by atoms with Crippen LogP contribution in [-0.2, 0) is 6.54 Å². The SMILES string of the molecule is CCCOc1cc(C(C)C)ccc(CN2CCC(C(=O)c3ccccc3)CC2)c1=O. The van der Waals surface area contributed by atoms with Crippen LogP contribution in [0.2, 0.25) is 0 Å². The standard InChI is InChI=1S/C26H33NO3/c1-4-16-30-24-17-22(19(2)3)10-11-23(26(24)29)18-27-14-12-21(13-15-27)25(28)20-8-6-5-7-9-20/h5-11,17,19,21H,4,12-16,18H2,1-3H3. The Balaban J connectivity index is 1.70. The van der Waals surface area contributed by atoms with Crippen molar-refractivity contribution in [1.29, 1.82) is 0 Å². The highest BCUT2D eigenvalue weighted by Gasteiger charge is 2.26. The second kappa shape index (κ2) is 10.5. The normalized spacial score (nSPS) is 15.3. The van der Waals surface area contributed by atoms with E-state index in [1.54, 1.807) is 0 Å². The first-order valence-electron chi connectivity index (χ1n) is 11.1. The molecule has 0 N–H and O–H groups in total. The van der Waals surface area contributed by atoms with Crippen molar-refractivity contribution >= 4 is 5.78 Å². The summed E-state index contributed by atoms with van der Waals surface area (Å²) in [6, 6.07) is 15.5. The Kier molecular flexibility index (Phi) is 7.81. The van der Waals surface area contributed by atoms with E-state index in [-0.39, 0.29) is 17.1 Å². The minimum absolute atomic E-state index is 0.0159. The molecule has 0 saturated carbocycles. The van der Waals surface area contributed by atoms with Crippen molar-refractivity contribution in [2.75, 3.05) is 19.7 Å². The summed E-state index contributed by atoms with van der Waals surface area (Å²) in [5, 5.41) is 0. The summed E-state index contributed by atoms with van der Waals surface area (Å²) >= 11 is 0. The number of ketones is 1. The largest absolute Gasteiger partial charge is 0.489 e. The highest BCUT2D eigenvalue weighted by atomic mass is 16.5.